The molecule has 2 aromatic rings. The van der Waals surface area contributed by atoms with Gasteiger partial charge in [0.05, 0.1) is 0 Å². The lowest BCUT2D eigenvalue weighted by atomic mass is 9.87. The van der Waals surface area contributed by atoms with Crippen LogP contribution in [-0.4, -0.2) is 25.0 Å². The smallest absolute Gasteiger partial charge is 0.265 e. The number of carbonyl (C=O) groups excluding carboxylic acids is 2. The Kier molecular flexibility index (Phi) is 6.03. The van der Waals surface area contributed by atoms with Gasteiger partial charge in [0.2, 0.25) is 0 Å². The van der Waals surface area contributed by atoms with Gasteiger partial charge in [-0.15, -0.1) is 0 Å². The number of benzene rings is 2. The fraction of sp³-hybridized carbons (Fsp3) is 0.333. The third-order valence-corrected chi connectivity index (χ3v) is 4.00. The minimum absolute atomic E-state index is 0.00512. The molecule has 1 unspecified atom stereocenters. The Labute approximate surface area is 154 Å². The van der Waals surface area contributed by atoms with Crippen LogP contribution in [0.2, 0.25) is 0 Å². The van der Waals surface area contributed by atoms with Crippen LogP contribution in [0.1, 0.15) is 43.6 Å². The number of carbonyl (C=O) groups is 2. The van der Waals surface area contributed by atoms with Crippen molar-refractivity contribution >= 4 is 17.5 Å². The molecule has 0 aliphatic heterocycles. The lowest BCUT2D eigenvalue weighted by Crippen LogP contribution is -2.30. The van der Waals surface area contributed by atoms with Crippen LogP contribution in [0, 0.1) is 0 Å². The first-order chi connectivity index (χ1) is 12.2. The van der Waals surface area contributed by atoms with E-state index in [1.165, 1.54) is 0 Å². The number of hydrogen-bond acceptors (Lipinski definition) is 3. The largest absolute Gasteiger partial charge is 0.481 e. The summed E-state index contributed by atoms with van der Waals surface area (Å²) in [5.41, 5.74) is 2.18. The Morgan fingerprint density at radius 2 is 1.73 bits per heavy atom. The summed E-state index contributed by atoms with van der Waals surface area (Å²) in [5, 5.41) is 5.34. The summed E-state index contributed by atoms with van der Waals surface area (Å²) in [6, 6.07) is 14.5. The third kappa shape index (κ3) is 5.09. The summed E-state index contributed by atoms with van der Waals surface area (Å²) >= 11 is 0. The summed E-state index contributed by atoms with van der Waals surface area (Å²) in [5.74, 6) is 0.170. The lowest BCUT2D eigenvalue weighted by molar-refractivity contribution is -0.122. The molecule has 0 aliphatic carbocycles. The molecule has 0 fully saturated rings. The molecule has 2 N–H and O–H groups in total. The highest BCUT2D eigenvalue weighted by atomic mass is 16.5. The van der Waals surface area contributed by atoms with Crippen LogP contribution in [-0.2, 0) is 10.2 Å². The van der Waals surface area contributed by atoms with Crippen LogP contribution < -0.4 is 15.4 Å². The van der Waals surface area contributed by atoms with Crippen molar-refractivity contribution in [2.24, 2.45) is 0 Å². The van der Waals surface area contributed by atoms with Gasteiger partial charge in [-0.1, -0.05) is 39.0 Å². The van der Waals surface area contributed by atoms with E-state index in [9.17, 15) is 9.59 Å². The second-order valence-corrected chi connectivity index (χ2v) is 7.19. The van der Waals surface area contributed by atoms with Gasteiger partial charge in [0, 0.05) is 18.3 Å². The van der Waals surface area contributed by atoms with E-state index in [0.717, 1.165) is 5.56 Å². The highest BCUT2D eigenvalue weighted by Gasteiger charge is 2.18. The van der Waals surface area contributed by atoms with Crippen molar-refractivity contribution in [3.8, 4) is 5.75 Å². The van der Waals surface area contributed by atoms with Crippen molar-refractivity contribution < 1.29 is 14.3 Å². The Morgan fingerprint density at radius 3 is 2.38 bits per heavy atom. The van der Waals surface area contributed by atoms with Crippen molar-refractivity contribution in [2.45, 2.75) is 39.2 Å². The zero-order chi connectivity index (χ0) is 19.3. The van der Waals surface area contributed by atoms with Crippen molar-refractivity contribution in [3.05, 3.63) is 59.7 Å². The molecule has 0 saturated heterocycles. The normalized spacial score (nSPS) is 12.2. The highest BCUT2D eigenvalue weighted by Crippen LogP contribution is 2.26. The van der Waals surface area contributed by atoms with Crippen LogP contribution >= 0.6 is 0 Å². The number of hydrogen-bond donors (Lipinski definition) is 2. The van der Waals surface area contributed by atoms with E-state index in [1.807, 2.05) is 24.3 Å². The molecule has 0 aliphatic rings. The van der Waals surface area contributed by atoms with Gasteiger partial charge < -0.3 is 15.4 Å². The summed E-state index contributed by atoms with van der Waals surface area (Å²) in [6.07, 6.45) is -0.672. The van der Waals surface area contributed by atoms with Gasteiger partial charge in [-0.25, -0.2) is 0 Å². The van der Waals surface area contributed by atoms with Gasteiger partial charge in [0.1, 0.15) is 5.75 Å². The van der Waals surface area contributed by atoms with E-state index in [0.29, 0.717) is 17.0 Å². The summed E-state index contributed by atoms with van der Waals surface area (Å²) in [7, 11) is 1.56. The van der Waals surface area contributed by atoms with Gasteiger partial charge in [-0.05, 0) is 48.2 Å². The summed E-state index contributed by atoms with van der Waals surface area (Å²) in [6.45, 7) is 8.08. The third-order valence-electron chi connectivity index (χ3n) is 4.00. The lowest BCUT2D eigenvalue weighted by Gasteiger charge is -2.21. The molecule has 0 bridgehead atoms. The Hall–Kier alpha value is -2.82. The molecule has 2 rings (SSSR count). The van der Waals surface area contributed by atoms with Crippen molar-refractivity contribution in [3.63, 3.8) is 0 Å². The van der Waals surface area contributed by atoms with Gasteiger partial charge in [-0.3, -0.25) is 9.59 Å². The standard InChI is InChI=1S/C21H26N2O3/c1-14(26-18-11-7-9-16(13-18)21(2,3)4)19(24)23-17-10-6-8-15(12-17)20(25)22-5/h6-14H,1-5H3,(H,22,25)(H,23,24). The maximum atomic E-state index is 12.4. The molecule has 0 radical (unpaired) electrons. The molecular weight excluding hydrogens is 328 g/mol. The number of ether oxygens (including phenoxy) is 1. The molecule has 26 heavy (non-hydrogen) atoms. The average molecular weight is 354 g/mol. The first-order valence-corrected chi connectivity index (χ1v) is 8.61. The molecule has 2 aromatic carbocycles. The van der Waals surface area contributed by atoms with Gasteiger partial charge in [0.15, 0.2) is 6.10 Å². The van der Waals surface area contributed by atoms with Crippen molar-refractivity contribution in [1.82, 2.24) is 5.32 Å². The summed E-state index contributed by atoms with van der Waals surface area (Å²) in [4.78, 5) is 24.1. The second kappa shape index (κ2) is 8.04. The molecule has 0 heterocycles. The minimum atomic E-state index is -0.672. The van der Waals surface area contributed by atoms with E-state index < -0.39 is 6.10 Å². The van der Waals surface area contributed by atoms with E-state index in [2.05, 4.69) is 31.4 Å². The second-order valence-electron chi connectivity index (χ2n) is 7.19. The Bertz CT molecular complexity index is 794. The number of nitrogens with one attached hydrogen (secondary N) is 2. The number of anilines is 1. The zero-order valence-corrected chi connectivity index (χ0v) is 15.9. The van der Waals surface area contributed by atoms with Crippen molar-refractivity contribution in [1.29, 1.82) is 0 Å². The maximum absolute atomic E-state index is 12.4. The van der Waals surface area contributed by atoms with Crippen LogP contribution in [0.4, 0.5) is 5.69 Å². The maximum Gasteiger partial charge on any atom is 0.265 e. The Morgan fingerprint density at radius 1 is 1.04 bits per heavy atom. The fourth-order valence-corrected chi connectivity index (χ4v) is 2.42. The molecule has 2 amide bonds. The molecule has 1 atom stereocenters. The zero-order valence-electron chi connectivity index (χ0n) is 15.9. The molecule has 0 aromatic heterocycles. The molecule has 138 valence electrons. The monoisotopic (exact) mass is 354 g/mol. The topological polar surface area (TPSA) is 67.4 Å². The van der Waals surface area contributed by atoms with Crippen LogP contribution in [0.3, 0.4) is 0 Å². The number of rotatable bonds is 5. The van der Waals surface area contributed by atoms with E-state index >= 15 is 0 Å². The first kappa shape index (κ1) is 19.5. The molecule has 5 nitrogen and oxygen atoms in total. The fourth-order valence-electron chi connectivity index (χ4n) is 2.42. The first-order valence-electron chi connectivity index (χ1n) is 8.61. The van der Waals surface area contributed by atoms with E-state index in [1.54, 1.807) is 38.2 Å². The SMILES string of the molecule is CNC(=O)c1cccc(NC(=O)C(C)Oc2cccc(C(C)(C)C)c2)c1. The number of amides is 2. The van der Waals surface area contributed by atoms with Crippen molar-refractivity contribution in [2.75, 3.05) is 12.4 Å². The average Bonchev–Trinajstić information content (AvgIpc) is 2.60. The summed E-state index contributed by atoms with van der Waals surface area (Å²) < 4.78 is 5.79. The predicted octanol–water partition coefficient (Wildman–Crippen LogP) is 3.75. The molecular formula is C21H26N2O3. The van der Waals surface area contributed by atoms with Crippen LogP contribution in [0.25, 0.3) is 0 Å². The van der Waals surface area contributed by atoms with Gasteiger partial charge >= 0.3 is 0 Å². The Balaban J connectivity index is 2.05. The highest BCUT2D eigenvalue weighted by molar-refractivity contribution is 5.98. The van der Waals surface area contributed by atoms with E-state index in [-0.39, 0.29) is 17.2 Å². The molecule has 5 heteroatoms. The van der Waals surface area contributed by atoms with E-state index in [4.69, 9.17) is 4.74 Å². The van der Waals surface area contributed by atoms with Crippen LogP contribution in [0.5, 0.6) is 5.75 Å². The molecule has 0 saturated carbocycles. The van der Waals surface area contributed by atoms with Crippen LogP contribution in [0.15, 0.2) is 48.5 Å². The van der Waals surface area contributed by atoms with Gasteiger partial charge in [0.25, 0.3) is 11.8 Å². The minimum Gasteiger partial charge on any atom is -0.481 e. The quantitative estimate of drug-likeness (QED) is 0.859. The van der Waals surface area contributed by atoms with Gasteiger partial charge in [-0.2, -0.15) is 0 Å². The molecule has 0 spiro atoms. The predicted molar refractivity (Wildman–Crippen MR) is 104 cm³/mol.